The van der Waals surface area contributed by atoms with Gasteiger partial charge < -0.3 is 4.74 Å². The Morgan fingerprint density at radius 3 is 2.65 bits per heavy atom. The van der Waals surface area contributed by atoms with Crippen molar-refractivity contribution in [1.82, 2.24) is 0 Å². The number of allylic oxidation sites excluding steroid dienone is 1. The summed E-state index contributed by atoms with van der Waals surface area (Å²) < 4.78 is 6.03. The maximum Gasteiger partial charge on any atom is 0.128 e. The van der Waals surface area contributed by atoms with E-state index in [0.29, 0.717) is 0 Å². The molecule has 1 nitrogen and oxygen atoms in total. The fourth-order valence-corrected chi connectivity index (χ4v) is 1.93. The predicted octanol–water partition coefficient (Wildman–Crippen LogP) is 4.57. The van der Waals surface area contributed by atoms with E-state index in [4.69, 9.17) is 4.74 Å². The van der Waals surface area contributed by atoms with Crippen molar-refractivity contribution in [3.63, 3.8) is 0 Å². The fourth-order valence-electron chi connectivity index (χ4n) is 1.93. The van der Waals surface area contributed by atoms with Gasteiger partial charge in [0.2, 0.25) is 0 Å². The first kappa shape index (κ1) is 11.7. The van der Waals surface area contributed by atoms with Crippen LogP contribution < -0.4 is 4.74 Å². The monoisotopic (exact) mass is 226 g/mol. The van der Waals surface area contributed by atoms with Crippen molar-refractivity contribution >= 4 is 10.8 Å². The van der Waals surface area contributed by atoms with E-state index in [1.165, 1.54) is 10.8 Å². The van der Waals surface area contributed by atoms with Crippen LogP contribution in [-0.2, 0) is 0 Å². The second-order valence-corrected chi connectivity index (χ2v) is 4.07. The molecule has 1 unspecified atom stereocenters. The Bertz CT molecular complexity index is 508. The Balaban J connectivity index is 2.35. The summed E-state index contributed by atoms with van der Waals surface area (Å²) in [6, 6.07) is 14.5. The number of benzene rings is 2. The molecule has 2 rings (SSSR count). The topological polar surface area (TPSA) is 9.23 Å². The van der Waals surface area contributed by atoms with Gasteiger partial charge in [0.05, 0.1) is 0 Å². The van der Waals surface area contributed by atoms with E-state index in [-0.39, 0.29) is 6.10 Å². The standard InChI is InChI=1S/C16H18O/c1-3-8-14(4-2)17-16-12-7-10-13-9-5-6-11-15(13)16/h3,5-12,14H,4H2,1-2H3. The SMILES string of the molecule is CC=CC(CC)Oc1cccc2ccccc12. The molecule has 0 saturated heterocycles. The lowest BCUT2D eigenvalue weighted by Crippen LogP contribution is -2.11. The Kier molecular flexibility index (Phi) is 3.81. The summed E-state index contributed by atoms with van der Waals surface area (Å²) >= 11 is 0. The molecule has 0 saturated carbocycles. The zero-order chi connectivity index (χ0) is 12.1. The van der Waals surface area contributed by atoms with Crippen molar-refractivity contribution in [3.8, 4) is 5.75 Å². The van der Waals surface area contributed by atoms with Gasteiger partial charge in [0.1, 0.15) is 11.9 Å². The van der Waals surface area contributed by atoms with Crippen LogP contribution in [0, 0.1) is 0 Å². The Morgan fingerprint density at radius 2 is 1.88 bits per heavy atom. The van der Waals surface area contributed by atoms with Crippen LogP contribution >= 0.6 is 0 Å². The van der Waals surface area contributed by atoms with Crippen LogP contribution in [0.15, 0.2) is 54.6 Å². The molecule has 0 aliphatic heterocycles. The van der Waals surface area contributed by atoms with Crippen molar-refractivity contribution in [2.75, 3.05) is 0 Å². The van der Waals surface area contributed by atoms with Gasteiger partial charge in [0, 0.05) is 5.39 Å². The second kappa shape index (κ2) is 5.53. The van der Waals surface area contributed by atoms with E-state index in [9.17, 15) is 0 Å². The highest BCUT2D eigenvalue weighted by Crippen LogP contribution is 2.26. The molecule has 1 heteroatoms. The molecule has 0 spiro atoms. The van der Waals surface area contributed by atoms with E-state index in [1.54, 1.807) is 0 Å². The average Bonchev–Trinajstić information content (AvgIpc) is 2.38. The Hall–Kier alpha value is -1.76. The van der Waals surface area contributed by atoms with Gasteiger partial charge in [-0.2, -0.15) is 0 Å². The van der Waals surface area contributed by atoms with Crippen LogP contribution in [0.1, 0.15) is 20.3 Å². The molecule has 0 aromatic heterocycles. The van der Waals surface area contributed by atoms with Gasteiger partial charge in [-0.25, -0.2) is 0 Å². The van der Waals surface area contributed by atoms with Crippen molar-refractivity contribution in [2.45, 2.75) is 26.4 Å². The maximum absolute atomic E-state index is 6.03. The lowest BCUT2D eigenvalue weighted by Gasteiger charge is -2.15. The minimum absolute atomic E-state index is 0.158. The highest BCUT2D eigenvalue weighted by molar-refractivity contribution is 5.88. The van der Waals surface area contributed by atoms with Gasteiger partial charge in [0.15, 0.2) is 0 Å². The van der Waals surface area contributed by atoms with E-state index in [0.717, 1.165) is 12.2 Å². The summed E-state index contributed by atoms with van der Waals surface area (Å²) in [5.74, 6) is 0.966. The lowest BCUT2D eigenvalue weighted by atomic mass is 10.1. The first-order chi connectivity index (χ1) is 8.35. The van der Waals surface area contributed by atoms with Gasteiger partial charge in [-0.3, -0.25) is 0 Å². The van der Waals surface area contributed by atoms with E-state index < -0.39 is 0 Å². The molecule has 2 aromatic rings. The zero-order valence-electron chi connectivity index (χ0n) is 10.4. The van der Waals surface area contributed by atoms with E-state index in [2.05, 4.69) is 37.3 Å². The molecule has 0 amide bonds. The molecule has 0 bridgehead atoms. The Labute approximate surface area is 103 Å². The smallest absolute Gasteiger partial charge is 0.128 e. The maximum atomic E-state index is 6.03. The fraction of sp³-hybridized carbons (Fsp3) is 0.250. The third-order valence-electron chi connectivity index (χ3n) is 2.84. The second-order valence-electron chi connectivity index (χ2n) is 4.07. The first-order valence-corrected chi connectivity index (χ1v) is 6.12. The molecule has 0 N–H and O–H groups in total. The first-order valence-electron chi connectivity index (χ1n) is 6.12. The summed E-state index contributed by atoms with van der Waals surface area (Å²) in [6.07, 6.45) is 5.28. The molecule has 17 heavy (non-hydrogen) atoms. The van der Waals surface area contributed by atoms with Crippen molar-refractivity contribution in [1.29, 1.82) is 0 Å². The molecule has 0 aliphatic carbocycles. The van der Waals surface area contributed by atoms with Gasteiger partial charge in [0.25, 0.3) is 0 Å². The molecular weight excluding hydrogens is 208 g/mol. The quantitative estimate of drug-likeness (QED) is 0.694. The van der Waals surface area contributed by atoms with Crippen LogP contribution in [0.3, 0.4) is 0 Å². The van der Waals surface area contributed by atoms with Gasteiger partial charge in [-0.1, -0.05) is 49.4 Å². The lowest BCUT2D eigenvalue weighted by molar-refractivity contribution is 0.248. The molecule has 0 aliphatic rings. The van der Waals surface area contributed by atoms with Crippen LogP contribution in [0.5, 0.6) is 5.75 Å². The van der Waals surface area contributed by atoms with E-state index in [1.807, 2.05) is 31.2 Å². The van der Waals surface area contributed by atoms with Gasteiger partial charge in [-0.15, -0.1) is 0 Å². The largest absolute Gasteiger partial charge is 0.486 e. The van der Waals surface area contributed by atoms with Gasteiger partial charge >= 0.3 is 0 Å². The van der Waals surface area contributed by atoms with Crippen LogP contribution in [0.2, 0.25) is 0 Å². The Morgan fingerprint density at radius 1 is 1.12 bits per heavy atom. The predicted molar refractivity (Wildman–Crippen MR) is 73.5 cm³/mol. The van der Waals surface area contributed by atoms with Crippen molar-refractivity contribution in [2.24, 2.45) is 0 Å². The minimum Gasteiger partial charge on any atom is -0.486 e. The average molecular weight is 226 g/mol. The summed E-state index contributed by atoms with van der Waals surface area (Å²) in [7, 11) is 0. The molecule has 0 fully saturated rings. The molecule has 1 atom stereocenters. The molecular formula is C16H18O. The number of hydrogen-bond donors (Lipinski definition) is 0. The number of rotatable bonds is 4. The van der Waals surface area contributed by atoms with Gasteiger partial charge in [-0.05, 0) is 30.9 Å². The van der Waals surface area contributed by atoms with Crippen molar-refractivity contribution in [3.05, 3.63) is 54.6 Å². The van der Waals surface area contributed by atoms with Crippen LogP contribution in [-0.4, -0.2) is 6.10 Å². The highest BCUT2D eigenvalue weighted by Gasteiger charge is 2.06. The van der Waals surface area contributed by atoms with Crippen LogP contribution in [0.25, 0.3) is 10.8 Å². The molecule has 0 heterocycles. The van der Waals surface area contributed by atoms with Crippen molar-refractivity contribution < 1.29 is 4.74 Å². The molecule has 88 valence electrons. The third-order valence-corrected chi connectivity index (χ3v) is 2.84. The molecule has 2 aromatic carbocycles. The highest BCUT2D eigenvalue weighted by atomic mass is 16.5. The summed E-state index contributed by atoms with van der Waals surface area (Å²) in [5, 5.41) is 2.40. The third kappa shape index (κ3) is 2.68. The number of fused-ring (bicyclic) bond motifs is 1. The number of ether oxygens (including phenoxy) is 1. The number of hydrogen-bond acceptors (Lipinski definition) is 1. The normalized spacial score (nSPS) is 13.1. The minimum atomic E-state index is 0.158. The summed E-state index contributed by atoms with van der Waals surface area (Å²) in [5.41, 5.74) is 0. The zero-order valence-corrected chi connectivity index (χ0v) is 10.4. The summed E-state index contributed by atoms with van der Waals surface area (Å²) in [6.45, 7) is 4.16. The van der Waals surface area contributed by atoms with Crippen LogP contribution in [0.4, 0.5) is 0 Å². The molecule has 0 radical (unpaired) electrons. The summed E-state index contributed by atoms with van der Waals surface area (Å²) in [4.78, 5) is 0. The van der Waals surface area contributed by atoms with E-state index >= 15 is 0 Å².